The highest BCUT2D eigenvalue weighted by Gasteiger charge is 2.12. The van der Waals surface area contributed by atoms with Crippen LogP contribution in [-0.2, 0) is 0 Å². The molecule has 1 rings (SSSR count). The molecule has 3 heteroatoms. The summed E-state index contributed by atoms with van der Waals surface area (Å²) < 4.78 is 6.84. The Morgan fingerprint density at radius 3 is 2.36 bits per heavy atom. The van der Waals surface area contributed by atoms with Gasteiger partial charge >= 0.3 is 0 Å². The summed E-state index contributed by atoms with van der Waals surface area (Å²) in [6.07, 6.45) is 2.06. The SMILES string of the molecule is CSc1cc(Br)cc(OC(C)(C)C)c1. The van der Waals surface area contributed by atoms with Gasteiger partial charge in [-0.25, -0.2) is 0 Å². The van der Waals surface area contributed by atoms with E-state index in [0.717, 1.165) is 10.2 Å². The first kappa shape index (κ1) is 11.9. The molecule has 1 nitrogen and oxygen atoms in total. The van der Waals surface area contributed by atoms with Crippen LogP contribution in [0.1, 0.15) is 20.8 Å². The number of thioether (sulfide) groups is 1. The molecule has 1 aromatic rings. The molecular formula is C11H15BrOS. The second kappa shape index (κ2) is 4.58. The molecule has 0 spiro atoms. The maximum Gasteiger partial charge on any atom is 0.122 e. The van der Waals surface area contributed by atoms with E-state index in [4.69, 9.17) is 4.74 Å². The van der Waals surface area contributed by atoms with Crippen molar-refractivity contribution in [3.63, 3.8) is 0 Å². The standard InChI is InChI=1S/C11H15BrOS/c1-11(2,3)13-9-5-8(12)6-10(7-9)14-4/h5-7H,1-4H3. The predicted octanol–water partition coefficient (Wildman–Crippen LogP) is 4.35. The van der Waals surface area contributed by atoms with Crippen LogP contribution in [0, 0.1) is 0 Å². The lowest BCUT2D eigenvalue weighted by Gasteiger charge is -2.21. The number of rotatable bonds is 2. The molecule has 0 unspecified atom stereocenters. The Balaban J connectivity index is 2.92. The molecule has 0 saturated heterocycles. The van der Waals surface area contributed by atoms with Gasteiger partial charge in [-0.2, -0.15) is 0 Å². The van der Waals surface area contributed by atoms with Crippen molar-refractivity contribution < 1.29 is 4.74 Å². The van der Waals surface area contributed by atoms with Crippen LogP contribution in [-0.4, -0.2) is 11.9 Å². The smallest absolute Gasteiger partial charge is 0.122 e. The summed E-state index contributed by atoms with van der Waals surface area (Å²) in [5.74, 6) is 0.913. The Labute approximate surface area is 98.4 Å². The van der Waals surface area contributed by atoms with E-state index in [0.29, 0.717) is 0 Å². The average molecular weight is 275 g/mol. The molecule has 0 saturated carbocycles. The van der Waals surface area contributed by atoms with Crippen LogP contribution in [0.3, 0.4) is 0 Å². The van der Waals surface area contributed by atoms with Gasteiger partial charge in [0.05, 0.1) is 0 Å². The van der Waals surface area contributed by atoms with Gasteiger partial charge in [-0.05, 0) is 45.2 Å². The van der Waals surface area contributed by atoms with Gasteiger partial charge in [0.2, 0.25) is 0 Å². The number of ether oxygens (including phenoxy) is 1. The van der Waals surface area contributed by atoms with E-state index in [2.05, 4.69) is 34.3 Å². The van der Waals surface area contributed by atoms with Crippen molar-refractivity contribution in [2.45, 2.75) is 31.3 Å². The molecular weight excluding hydrogens is 260 g/mol. The van der Waals surface area contributed by atoms with Crippen LogP contribution < -0.4 is 4.74 Å². The fourth-order valence-electron chi connectivity index (χ4n) is 1.07. The van der Waals surface area contributed by atoms with Crippen LogP contribution in [0.25, 0.3) is 0 Å². The Morgan fingerprint density at radius 1 is 1.21 bits per heavy atom. The lowest BCUT2D eigenvalue weighted by atomic mass is 10.2. The summed E-state index contributed by atoms with van der Waals surface area (Å²) in [6, 6.07) is 6.13. The fraction of sp³-hybridized carbons (Fsp3) is 0.455. The van der Waals surface area contributed by atoms with Crippen molar-refractivity contribution in [1.29, 1.82) is 0 Å². The van der Waals surface area contributed by atoms with Crippen molar-refractivity contribution in [3.8, 4) is 5.75 Å². The van der Waals surface area contributed by atoms with Crippen LogP contribution >= 0.6 is 27.7 Å². The number of hydrogen-bond donors (Lipinski definition) is 0. The summed E-state index contributed by atoms with van der Waals surface area (Å²) >= 11 is 5.18. The first-order valence-corrected chi connectivity index (χ1v) is 6.46. The summed E-state index contributed by atoms with van der Waals surface area (Å²) in [5.41, 5.74) is -0.142. The summed E-state index contributed by atoms with van der Waals surface area (Å²) in [6.45, 7) is 6.14. The van der Waals surface area contributed by atoms with Crippen LogP contribution in [0.2, 0.25) is 0 Å². The monoisotopic (exact) mass is 274 g/mol. The molecule has 1 aromatic carbocycles. The van der Waals surface area contributed by atoms with Crippen molar-refractivity contribution in [1.82, 2.24) is 0 Å². The molecule has 78 valence electrons. The highest BCUT2D eigenvalue weighted by atomic mass is 79.9. The van der Waals surface area contributed by atoms with E-state index in [1.807, 2.05) is 26.8 Å². The molecule has 0 aromatic heterocycles. The lowest BCUT2D eigenvalue weighted by molar-refractivity contribution is 0.130. The van der Waals surface area contributed by atoms with Crippen LogP contribution in [0.15, 0.2) is 27.6 Å². The zero-order valence-corrected chi connectivity index (χ0v) is 11.3. The highest BCUT2D eigenvalue weighted by molar-refractivity contribution is 9.10. The molecule has 0 heterocycles. The first-order chi connectivity index (χ1) is 6.40. The van der Waals surface area contributed by atoms with Crippen LogP contribution in [0.4, 0.5) is 0 Å². The van der Waals surface area contributed by atoms with Gasteiger partial charge in [0.15, 0.2) is 0 Å². The highest BCUT2D eigenvalue weighted by Crippen LogP contribution is 2.28. The Bertz CT molecular complexity index is 318. The Morgan fingerprint density at radius 2 is 1.86 bits per heavy atom. The van der Waals surface area contributed by atoms with Gasteiger partial charge in [-0.1, -0.05) is 15.9 Å². The number of benzene rings is 1. The minimum atomic E-state index is -0.142. The zero-order valence-electron chi connectivity index (χ0n) is 8.93. The molecule has 0 amide bonds. The van der Waals surface area contributed by atoms with Crippen LogP contribution in [0.5, 0.6) is 5.75 Å². The van der Waals surface area contributed by atoms with E-state index in [-0.39, 0.29) is 5.60 Å². The van der Waals surface area contributed by atoms with Crippen molar-refractivity contribution >= 4 is 27.7 Å². The molecule has 0 radical (unpaired) electrons. The van der Waals surface area contributed by atoms with E-state index in [9.17, 15) is 0 Å². The van der Waals surface area contributed by atoms with Gasteiger partial charge in [0.1, 0.15) is 11.4 Å². The average Bonchev–Trinajstić information content (AvgIpc) is 1.99. The fourth-order valence-corrected chi connectivity index (χ4v) is 2.17. The van der Waals surface area contributed by atoms with E-state index >= 15 is 0 Å². The third-order valence-corrected chi connectivity index (χ3v) is 2.67. The number of halogens is 1. The third-order valence-electron chi connectivity index (χ3n) is 1.50. The topological polar surface area (TPSA) is 9.23 Å². The Kier molecular flexibility index (Phi) is 3.90. The van der Waals surface area contributed by atoms with Gasteiger partial charge in [0.25, 0.3) is 0 Å². The second-order valence-corrected chi connectivity index (χ2v) is 5.84. The maximum atomic E-state index is 5.78. The zero-order chi connectivity index (χ0) is 10.8. The van der Waals surface area contributed by atoms with Crippen molar-refractivity contribution in [3.05, 3.63) is 22.7 Å². The summed E-state index contributed by atoms with van der Waals surface area (Å²) in [5, 5.41) is 0. The molecule has 0 aliphatic rings. The molecule has 0 fully saturated rings. The second-order valence-electron chi connectivity index (χ2n) is 4.04. The van der Waals surface area contributed by atoms with E-state index in [1.165, 1.54) is 4.90 Å². The van der Waals surface area contributed by atoms with Gasteiger partial charge in [-0.3, -0.25) is 0 Å². The molecule has 0 aliphatic carbocycles. The molecule has 0 aliphatic heterocycles. The molecule has 0 N–H and O–H groups in total. The predicted molar refractivity (Wildman–Crippen MR) is 66.3 cm³/mol. The van der Waals surface area contributed by atoms with Crippen molar-refractivity contribution in [2.75, 3.05) is 6.26 Å². The third kappa shape index (κ3) is 3.93. The number of hydrogen-bond acceptors (Lipinski definition) is 2. The normalized spacial score (nSPS) is 11.5. The Hall–Kier alpha value is -0.150. The van der Waals surface area contributed by atoms with Gasteiger partial charge < -0.3 is 4.74 Å². The quantitative estimate of drug-likeness (QED) is 0.742. The minimum Gasteiger partial charge on any atom is -0.488 e. The first-order valence-electron chi connectivity index (χ1n) is 4.44. The summed E-state index contributed by atoms with van der Waals surface area (Å²) in [7, 11) is 0. The maximum absolute atomic E-state index is 5.78. The minimum absolute atomic E-state index is 0.142. The molecule has 14 heavy (non-hydrogen) atoms. The summed E-state index contributed by atoms with van der Waals surface area (Å²) in [4.78, 5) is 1.21. The van der Waals surface area contributed by atoms with Gasteiger partial charge in [0, 0.05) is 9.37 Å². The van der Waals surface area contributed by atoms with Gasteiger partial charge in [-0.15, -0.1) is 11.8 Å². The lowest BCUT2D eigenvalue weighted by Crippen LogP contribution is -2.22. The van der Waals surface area contributed by atoms with Crippen molar-refractivity contribution in [2.24, 2.45) is 0 Å². The van der Waals surface area contributed by atoms with E-state index < -0.39 is 0 Å². The van der Waals surface area contributed by atoms with E-state index in [1.54, 1.807) is 11.8 Å². The molecule has 0 atom stereocenters. The largest absolute Gasteiger partial charge is 0.488 e. The molecule has 0 bridgehead atoms.